The third kappa shape index (κ3) is 4.09. The van der Waals surface area contributed by atoms with E-state index >= 15 is 0 Å². The number of amides is 3. The van der Waals surface area contributed by atoms with Crippen LogP contribution >= 0.6 is 11.8 Å². The molecule has 0 atom stereocenters. The number of imide groups is 1. The van der Waals surface area contributed by atoms with Crippen LogP contribution in [0.25, 0.3) is 0 Å². The van der Waals surface area contributed by atoms with Crippen LogP contribution in [0.2, 0.25) is 0 Å². The van der Waals surface area contributed by atoms with Crippen molar-refractivity contribution >= 4 is 29.4 Å². The molecule has 0 bridgehead atoms. The van der Waals surface area contributed by atoms with Gasteiger partial charge in [-0.05, 0) is 12.1 Å². The number of hydrogen-bond donors (Lipinski definition) is 2. The number of carbonyl (C=O) groups excluding carboxylic acids is 2. The molecule has 1 aromatic carbocycles. The first-order valence-corrected chi connectivity index (χ1v) is 6.76. The maximum absolute atomic E-state index is 11.6. The van der Waals surface area contributed by atoms with E-state index in [2.05, 4.69) is 20.8 Å². The summed E-state index contributed by atoms with van der Waals surface area (Å²) in [5.41, 5.74) is 0.624. The number of aryl methyl sites for hydroxylation is 1. The summed E-state index contributed by atoms with van der Waals surface area (Å²) in [7, 11) is 1.78. The van der Waals surface area contributed by atoms with Crippen molar-refractivity contribution in [2.45, 2.75) is 5.16 Å². The van der Waals surface area contributed by atoms with Gasteiger partial charge in [0.1, 0.15) is 6.33 Å². The van der Waals surface area contributed by atoms with Crippen molar-refractivity contribution in [3.63, 3.8) is 0 Å². The van der Waals surface area contributed by atoms with E-state index in [4.69, 9.17) is 0 Å². The fraction of sp³-hybridized carbons (Fsp3) is 0.167. The molecule has 3 amide bonds. The Morgan fingerprint density at radius 1 is 1.30 bits per heavy atom. The monoisotopic (exact) mass is 291 g/mol. The Morgan fingerprint density at radius 2 is 2.05 bits per heavy atom. The lowest BCUT2D eigenvalue weighted by Gasteiger charge is -2.06. The maximum Gasteiger partial charge on any atom is 0.325 e. The highest BCUT2D eigenvalue weighted by atomic mass is 32.2. The normalized spacial score (nSPS) is 10.1. The summed E-state index contributed by atoms with van der Waals surface area (Å²) in [6, 6.07) is 8.34. The molecule has 20 heavy (non-hydrogen) atoms. The summed E-state index contributed by atoms with van der Waals surface area (Å²) >= 11 is 1.21. The van der Waals surface area contributed by atoms with Crippen LogP contribution in [0, 0.1) is 0 Å². The predicted octanol–water partition coefficient (Wildman–Crippen LogP) is 1.26. The van der Waals surface area contributed by atoms with Gasteiger partial charge >= 0.3 is 6.03 Å². The first kappa shape index (κ1) is 14.1. The maximum atomic E-state index is 11.6. The van der Waals surface area contributed by atoms with Crippen LogP contribution in [0.3, 0.4) is 0 Å². The van der Waals surface area contributed by atoms with Gasteiger partial charge in [0, 0.05) is 12.7 Å². The average Bonchev–Trinajstić information content (AvgIpc) is 2.83. The molecule has 0 aliphatic rings. The number of rotatable bonds is 4. The van der Waals surface area contributed by atoms with Gasteiger partial charge in [-0.1, -0.05) is 30.0 Å². The molecule has 0 aliphatic carbocycles. The summed E-state index contributed by atoms with van der Waals surface area (Å²) in [6.07, 6.45) is 1.54. The topological polar surface area (TPSA) is 88.9 Å². The molecular formula is C12H13N5O2S. The van der Waals surface area contributed by atoms with Crippen molar-refractivity contribution in [3.8, 4) is 0 Å². The largest absolute Gasteiger partial charge is 0.325 e. The smallest absolute Gasteiger partial charge is 0.312 e. The highest BCUT2D eigenvalue weighted by Crippen LogP contribution is 2.12. The number of aromatic nitrogens is 3. The zero-order valence-electron chi connectivity index (χ0n) is 10.7. The zero-order chi connectivity index (χ0) is 14.4. The number of benzene rings is 1. The lowest BCUT2D eigenvalue weighted by molar-refractivity contribution is -0.117. The van der Waals surface area contributed by atoms with E-state index < -0.39 is 11.9 Å². The average molecular weight is 291 g/mol. The molecule has 8 heteroatoms. The molecule has 0 unspecified atom stereocenters. The molecule has 0 saturated heterocycles. The molecule has 0 spiro atoms. The van der Waals surface area contributed by atoms with Crippen LogP contribution in [0.5, 0.6) is 0 Å². The highest BCUT2D eigenvalue weighted by molar-refractivity contribution is 7.99. The van der Waals surface area contributed by atoms with Crippen LogP contribution in [-0.4, -0.2) is 32.5 Å². The van der Waals surface area contributed by atoms with Crippen molar-refractivity contribution in [1.29, 1.82) is 0 Å². The molecule has 2 rings (SSSR count). The Balaban J connectivity index is 1.77. The van der Waals surface area contributed by atoms with Gasteiger partial charge in [-0.2, -0.15) is 0 Å². The lowest BCUT2D eigenvalue weighted by atomic mass is 10.3. The standard InChI is InChI=1S/C12H13N5O2S/c1-17-8-13-16-12(17)20-7-10(18)15-11(19)14-9-5-3-2-4-6-9/h2-6,8H,7H2,1H3,(H2,14,15,18,19). The number of para-hydroxylation sites is 1. The first-order valence-electron chi connectivity index (χ1n) is 5.78. The van der Waals surface area contributed by atoms with Gasteiger partial charge in [0.15, 0.2) is 5.16 Å². The molecule has 2 N–H and O–H groups in total. The minimum Gasteiger partial charge on any atom is -0.312 e. The minimum atomic E-state index is -0.556. The minimum absolute atomic E-state index is 0.0920. The third-order valence-electron chi connectivity index (χ3n) is 2.29. The van der Waals surface area contributed by atoms with Crippen molar-refractivity contribution in [2.24, 2.45) is 7.05 Å². The van der Waals surface area contributed by atoms with Crippen LogP contribution in [0.1, 0.15) is 0 Å². The van der Waals surface area contributed by atoms with Crippen molar-refractivity contribution < 1.29 is 9.59 Å². The Morgan fingerprint density at radius 3 is 2.70 bits per heavy atom. The summed E-state index contributed by atoms with van der Waals surface area (Å²) in [6.45, 7) is 0. The van der Waals surface area contributed by atoms with Crippen LogP contribution in [-0.2, 0) is 11.8 Å². The second kappa shape index (κ2) is 6.71. The van der Waals surface area contributed by atoms with Gasteiger partial charge in [0.05, 0.1) is 5.75 Å². The fourth-order valence-corrected chi connectivity index (χ4v) is 2.07. The lowest BCUT2D eigenvalue weighted by Crippen LogP contribution is -2.35. The summed E-state index contributed by atoms with van der Waals surface area (Å²) < 4.78 is 1.70. The predicted molar refractivity (Wildman–Crippen MR) is 75.3 cm³/mol. The molecule has 7 nitrogen and oxygen atoms in total. The van der Waals surface area contributed by atoms with E-state index in [1.165, 1.54) is 11.8 Å². The Bertz CT molecular complexity index is 599. The Kier molecular flexibility index (Phi) is 4.72. The molecule has 0 aliphatic heterocycles. The second-order valence-corrected chi connectivity index (χ2v) is 4.82. The van der Waals surface area contributed by atoms with Crippen LogP contribution in [0.4, 0.5) is 10.5 Å². The van der Waals surface area contributed by atoms with Gasteiger partial charge < -0.3 is 9.88 Å². The molecule has 104 valence electrons. The molecule has 2 aromatic rings. The fourth-order valence-electron chi connectivity index (χ4n) is 1.38. The van der Waals surface area contributed by atoms with Crippen molar-refractivity contribution in [1.82, 2.24) is 20.1 Å². The van der Waals surface area contributed by atoms with Crippen LogP contribution in [0.15, 0.2) is 41.8 Å². The van der Waals surface area contributed by atoms with Crippen molar-refractivity contribution in [2.75, 3.05) is 11.1 Å². The van der Waals surface area contributed by atoms with Gasteiger partial charge in [-0.3, -0.25) is 10.1 Å². The van der Waals surface area contributed by atoms with E-state index in [0.717, 1.165) is 0 Å². The number of nitrogens with one attached hydrogen (secondary N) is 2. The van der Waals surface area contributed by atoms with Gasteiger partial charge in [0.2, 0.25) is 5.91 Å². The molecule has 0 fully saturated rings. The second-order valence-electron chi connectivity index (χ2n) is 3.88. The zero-order valence-corrected chi connectivity index (χ0v) is 11.6. The summed E-state index contributed by atoms with van der Waals surface area (Å²) in [5.74, 6) is -0.305. The van der Waals surface area contributed by atoms with Crippen molar-refractivity contribution in [3.05, 3.63) is 36.7 Å². The van der Waals surface area contributed by atoms with E-state index in [1.807, 2.05) is 6.07 Å². The van der Waals surface area contributed by atoms with E-state index in [-0.39, 0.29) is 5.75 Å². The molecule has 0 saturated carbocycles. The first-order chi connectivity index (χ1) is 9.65. The number of urea groups is 1. The van der Waals surface area contributed by atoms with Gasteiger partial charge in [0.25, 0.3) is 0 Å². The number of carbonyl (C=O) groups is 2. The third-order valence-corrected chi connectivity index (χ3v) is 3.32. The number of nitrogens with zero attached hydrogens (tertiary/aromatic N) is 3. The quantitative estimate of drug-likeness (QED) is 0.828. The van der Waals surface area contributed by atoms with Crippen LogP contribution < -0.4 is 10.6 Å². The SMILES string of the molecule is Cn1cnnc1SCC(=O)NC(=O)Nc1ccccc1. The molecular weight excluding hydrogens is 278 g/mol. The molecule has 1 aromatic heterocycles. The Hall–Kier alpha value is -2.35. The number of anilines is 1. The van der Waals surface area contributed by atoms with Gasteiger partial charge in [-0.25, -0.2) is 4.79 Å². The Labute approximate surface area is 119 Å². The van der Waals surface area contributed by atoms with E-state index in [0.29, 0.717) is 10.8 Å². The van der Waals surface area contributed by atoms with Gasteiger partial charge in [-0.15, -0.1) is 10.2 Å². The highest BCUT2D eigenvalue weighted by Gasteiger charge is 2.10. The summed E-state index contributed by atoms with van der Waals surface area (Å²) in [5, 5.41) is 12.9. The summed E-state index contributed by atoms with van der Waals surface area (Å²) in [4.78, 5) is 23.2. The van der Waals surface area contributed by atoms with E-state index in [1.54, 1.807) is 42.2 Å². The molecule has 0 radical (unpaired) electrons. The van der Waals surface area contributed by atoms with E-state index in [9.17, 15) is 9.59 Å². The molecule has 1 heterocycles. The number of thioether (sulfide) groups is 1. The number of hydrogen-bond acceptors (Lipinski definition) is 5.